The number of fused-ring (bicyclic) bond motifs is 1. The zero-order valence-corrected chi connectivity index (χ0v) is 18.3. The van der Waals surface area contributed by atoms with Gasteiger partial charge in [-0.25, -0.2) is 0 Å². The lowest BCUT2D eigenvalue weighted by atomic mass is 10.1. The van der Waals surface area contributed by atoms with Gasteiger partial charge in [-0.2, -0.15) is 0 Å². The quantitative estimate of drug-likeness (QED) is 0.651. The van der Waals surface area contributed by atoms with Crippen molar-refractivity contribution in [1.82, 2.24) is 15.1 Å². The van der Waals surface area contributed by atoms with Crippen LogP contribution in [0.4, 0.5) is 0 Å². The molecule has 7 heteroatoms. The van der Waals surface area contributed by atoms with Gasteiger partial charge >= 0.3 is 0 Å². The third-order valence-corrected chi connectivity index (χ3v) is 6.16. The number of rotatable bonds is 7. The first-order chi connectivity index (χ1) is 15.4. The summed E-state index contributed by atoms with van der Waals surface area (Å²) in [6, 6.07) is 13.3. The van der Waals surface area contributed by atoms with E-state index in [-0.39, 0.29) is 36.8 Å². The minimum Gasteiger partial charge on any atom is -0.393 e. The van der Waals surface area contributed by atoms with Crippen LogP contribution in [0.5, 0.6) is 0 Å². The van der Waals surface area contributed by atoms with Gasteiger partial charge in [-0.05, 0) is 43.0 Å². The van der Waals surface area contributed by atoms with Crippen LogP contribution in [-0.4, -0.2) is 58.4 Å². The molecule has 4 rings (SSSR count). The van der Waals surface area contributed by atoms with E-state index in [2.05, 4.69) is 22.3 Å². The lowest BCUT2D eigenvalue weighted by Crippen LogP contribution is -2.35. The first-order valence-corrected chi connectivity index (χ1v) is 11.1. The van der Waals surface area contributed by atoms with E-state index in [4.69, 9.17) is 0 Å². The van der Waals surface area contributed by atoms with Crippen molar-refractivity contribution in [3.05, 3.63) is 70.3 Å². The van der Waals surface area contributed by atoms with Gasteiger partial charge in [0.15, 0.2) is 0 Å². The summed E-state index contributed by atoms with van der Waals surface area (Å²) < 4.78 is 0. The summed E-state index contributed by atoms with van der Waals surface area (Å²) in [5.41, 5.74) is 3.94. The first-order valence-electron chi connectivity index (χ1n) is 11.1. The van der Waals surface area contributed by atoms with Crippen LogP contribution in [0.3, 0.4) is 0 Å². The first kappa shape index (κ1) is 22.2. The molecule has 1 saturated heterocycles. The average Bonchev–Trinajstić information content (AvgIpc) is 3.02. The van der Waals surface area contributed by atoms with E-state index in [0.717, 1.165) is 48.5 Å². The van der Waals surface area contributed by atoms with E-state index in [1.807, 2.05) is 25.1 Å². The highest BCUT2D eigenvalue weighted by Crippen LogP contribution is 2.24. The van der Waals surface area contributed by atoms with Crippen LogP contribution in [0.1, 0.15) is 56.7 Å². The summed E-state index contributed by atoms with van der Waals surface area (Å²) in [6.45, 7) is 5.02. The molecule has 0 spiro atoms. The van der Waals surface area contributed by atoms with E-state index in [1.54, 1.807) is 12.1 Å². The zero-order valence-electron chi connectivity index (χ0n) is 18.3. The van der Waals surface area contributed by atoms with Crippen LogP contribution in [0.25, 0.3) is 0 Å². The SMILES string of the molecule is Cc1ccc2c(c1)C(=O)N(CCC(=O)NCc1ccc(CN3CCC(O)CC3)cc1)C2=O. The number of aryl methyl sites for hydroxylation is 1. The van der Waals surface area contributed by atoms with E-state index in [1.165, 1.54) is 5.56 Å². The zero-order chi connectivity index (χ0) is 22.7. The second-order valence-electron chi connectivity index (χ2n) is 8.66. The van der Waals surface area contributed by atoms with Crippen LogP contribution < -0.4 is 5.32 Å². The van der Waals surface area contributed by atoms with Crippen molar-refractivity contribution in [3.63, 3.8) is 0 Å². The van der Waals surface area contributed by atoms with E-state index in [0.29, 0.717) is 17.7 Å². The molecule has 0 aliphatic carbocycles. The molecule has 2 aromatic carbocycles. The van der Waals surface area contributed by atoms with Crippen LogP contribution in [0.2, 0.25) is 0 Å². The van der Waals surface area contributed by atoms with Gasteiger partial charge in [0.05, 0.1) is 17.2 Å². The Bertz CT molecular complexity index is 1010. The van der Waals surface area contributed by atoms with Crippen molar-refractivity contribution in [2.24, 2.45) is 0 Å². The van der Waals surface area contributed by atoms with Crippen molar-refractivity contribution in [1.29, 1.82) is 0 Å². The predicted molar refractivity (Wildman–Crippen MR) is 120 cm³/mol. The summed E-state index contributed by atoms with van der Waals surface area (Å²) in [5, 5.41) is 12.5. The Morgan fingerprint density at radius 3 is 2.38 bits per heavy atom. The molecule has 2 aromatic rings. The number of hydrogen-bond donors (Lipinski definition) is 2. The number of carbonyl (C=O) groups excluding carboxylic acids is 3. The van der Waals surface area contributed by atoms with Gasteiger partial charge in [-0.1, -0.05) is 35.9 Å². The highest BCUT2D eigenvalue weighted by atomic mass is 16.3. The Morgan fingerprint density at radius 2 is 1.66 bits per heavy atom. The number of benzene rings is 2. The second-order valence-corrected chi connectivity index (χ2v) is 8.66. The molecule has 2 aliphatic heterocycles. The van der Waals surface area contributed by atoms with Crippen LogP contribution in [0, 0.1) is 6.92 Å². The maximum atomic E-state index is 12.5. The van der Waals surface area contributed by atoms with Crippen molar-refractivity contribution >= 4 is 17.7 Å². The van der Waals surface area contributed by atoms with Crippen molar-refractivity contribution < 1.29 is 19.5 Å². The topological polar surface area (TPSA) is 90.0 Å². The second kappa shape index (κ2) is 9.63. The molecule has 0 radical (unpaired) electrons. The highest BCUT2D eigenvalue weighted by molar-refractivity contribution is 6.21. The lowest BCUT2D eigenvalue weighted by molar-refractivity contribution is -0.121. The average molecular weight is 436 g/mol. The fourth-order valence-electron chi connectivity index (χ4n) is 4.21. The largest absolute Gasteiger partial charge is 0.393 e. The summed E-state index contributed by atoms with van der Waals surface area (Å²) in [5.74, 6) is -0.870. The molecule has 7 nitrogen and oxygen atoms in total. The van der Waals surface area contributed by atoms with Crippen LogP contribution in [0.15, 0.2) is 42.5 Å². The number of imide groups is 1. The van der Waals surface area contributed by atoms with Gasteiger partial charge in [0.25, 0.3) is 11.8 Å². The van der Waals surface area contributed by atoms with Gasteiger partial charge < -0.3 is 10.4 Å². The normalized spacial score (nSPS) is 17.0. The van der Waals surface area contributed by atoms with Gasteiger partial charge in [0.2, 0.25) is 5.91 Å². The number of carbonyl (C=O) groups is 3. The Hall–Kier alpha value is -3.03. The molecular weight excluding hydrogens is 406 g/mol. The van der Waals surface area contributed by atoms with Crippen molar-refractivity contribution in [3.8, 4) is 0 Å². The fourth-order valence-corrected chi connectivity index (χ4v) is 4.21. The molecular formula is C25H29N3O4. The number of aliphatic hydroxyl groups excluding tert-OH is 1. The molecule has 3 amide bonds. The maximum Gasteiger partial charge on any atom is 0.261 e. The molecule has 0 aromatic heterocycles. The van der Waals surface area contributed by atoms with E-state index < -0.39 is 0 Å². The summed E-state index contributed by atoms with van der Waals surface area (Å²) in [6.07, 6.45) is 1.55. The number of piperidine rings is 1. The number of nitrogens with zero attached hydrogens (tertiary/aromatic N) is 2. The summed E-state index contributed by atoms with van der Waals surface area (Å²) in [4.78, 5) is 40.7. The summed E-state index contributed by atoms with van der Waals surface area (Å²) in [7, 11) is 0. The van der Waals surface area contributed by atoms with Crippen molar-refractivity contribution in [2.75, 3.05) is 19.6 Å². The van der Waals surface area contributed by atoms with Crippen LogP contribution in [-0.2, 0) is 17.9 Å². The fraction of sp³-hybridized carbons (Fsp3) is 0.400. The number of amides is 3. The molecule has 0 unspecified atom stereocenters. The minimum atomic E-state index is -0.336. The third kappa shape index (κ3) is 5.06. The lowest BCUT2D eigenvalue weighted by Gasteiger charge is -2.29. The number of likely N-dealkylation sites (tertiary alicyclic amines) is 1. The van der Waals surface area contributed by atoms with Gasteiger partial charge in [0, 0.05) is 39.1 Å². The standard InChI is InChI=1S/C25H29N3O4/c1-17-2-7-21-22(14-17)25(32)28(24(21)31)13-10-23(30)26-15-18-3-5-19(6-4-18)16-27-11-8-20(29)9-12-27/h2-7,14,20,29H,8-13,15-16H2,1H3,(H,26,30). The molecule has 32 heavy (non-hydrogen) atoms. The minimum absolute atomic E-state index is 0.0701. The monoisotopic (exact) mass is 435 g/mol. The van der Waals surface area contributed by atoms with Gasteiger partial charge in [-0.15, -0.1) is 0 Å². The predicted octanol–water partition coefficient (Wildman–Crippen LogP) is 2.25. The number of hydrogen-bond acceptors (Lipinski definition) is 5. The molecule has 1 fully saturated rings. The Labute approximate surface area is 188 Å². The van der Waals surface area contributed by atoms with Gasteiger partial charge in [-0.3, -0.25) is 24.2 Å². The van der Waals surface area contributed by atoms with E-state index in [9.17, 15) is 19.5 Å². The van der Waals surface area contributed by atoms with E-state index >= 15 is 0 Å². The van der Waals surface area contributed by atoms with Crippen LogP contribution >= 0.6 is 0 Å². The number of aliphatic hydroxyl groups is 1. The third-order valence-electron chi connectivity index (χ3n) is 6.16. The van der Waals surface area contributed by atoms with Crippen molar-refractivity contribution in [2.45, 2.75) is 45.4 Å². The smallest absolute Gasteiger partial charge is 0.261 e. The molecule has 0 saturated carbocycles. The molecule has 168 valence electrons. The summed E-state index contributed by atoms with van der Waals surface area (Å²) >= 11 is 0. The Kier molecular flexibility index (Phi) is 6.67. The number of nitrogens with one attached hydrogen (secondary N) is 1. The van der Waals surface area contributed by atoms with Gasteiger partial charge in [0.1, 0.15) is 0 Å². The molecule has 0 atom stereocenters. The molecule has 2 N–H and O–H groups in total. The Morgan fingerprint density at radius 1 is 1.00 bits per heavy atom. The molecule has 0 bridgehead atoms. The molecule has 2 heterocycles. The highest BCUT2D eigenvalue weighted by Gasteiger charge is 2.35. The maximum absolute atomic E-state index is 12.5. The Balaban J connectivity index is 1.22. The molecule has 2 aliphatic rings.